The maximum atomic E-state index is 4.33. The highest BCUT2D eigenvalue weighted by atomic mass is 32.2. The van der Waals surface area contributed by atoms with Crippen molar-refractivity contribution in [1.82, 2.24) is 15.1 Å². The number of aromatic nitrogens is 2. The van der Waals surface area contributed by atoms with E-state index in [4.69, 9.17) is 0 Å². The molecule has 0 unspecified atom stereocenters. The molecule has 1 rings (SSSR count). The summed E-state index contributed by atoms with van der Waals surface area (Å²) in [6.07, 6.45) is 1.16. The van der Waals surface area contributed by atoms with Crippen LogP contribution in [0.3, 0.4) is 0 Å². The summed E-state index contributed by atoms with van der Waals surface area (Å²) in [7, 11) is 2.00. The van der Waals surface area contributed by atoms with E-state index in [1.807, 2.05) is 30.4 Å². The lowest BCUT2D eigenvalue weighted by atomic mass is 10.0. The van der Waals surface area contributed by atoms with Crippen molar-refractivity contribution < 1.29 is 0 Å². The molecule has 0 atom stereocenters. The highest BCUT2D eigenvalue weighted by Gasteiger charge is 2.12. The van der Waals surface area contributed by atoms with E-state index in [2.05, 4.69) is 37.3 Å². The van der Waals surface area contributed by atoms with Gasteiger partial charge in [-0.3, -0.25) is 4.68 Å². The molecule has 1 aromatic heterocycles. The lowest BCUT2D eigenvalue weighted by Crippen LogP contribution is -2.39. The average Bonchev–Trinajstić information content (AvgIpc) is 2.52. The number of rotatable bonds is 6. The summed E-state index contributed by atoms with van der Waals surface area (Å²) < 4.78 is 1.95. The number of hydrogen-bond donors (Lipinski definition) is 1. The predicted octanol–water partition coefficient (Wildman–Crippen LogP) is 2.60. The minimum atomic E-state index is 0.253. The van der Waals surface area contributed by atoms with Gasteiger partial charge in [0.05, 0.1) is 10.7 Å². The minimum Gasteiger partial charge on any atom is -0.311 e. The fourth-order valence-electron chi connectivity index (χ4n) is 1.39. The lowest BCUT2D eigenvalue weighted by Gasteiger charge is -2.24. The zero-order chi connectivity index (χ0) is 12.2. The number of aryl methyl sites for hydroxylation is 2. The molecule has 0 aliphatic heterocycles. The predicted molar refractivity (Wildman–Crippen MR) is 71.0 cm³/mol. The van der Waals surface area contributed by atoms with Gasteiger partial charge < -0.3 is 5.32 Å². The number of nitrogens with one attached hydrogen (secondary N) is 1. The van der Waals surface area contributed by atoms with Crippen LogP contribution in [0.25, 0.3) is 0 Å². The molecule has 0 saturated carbocycles. The summed E-state index contributed by atoms with van der Waals surface area (Å²) in [6, 6.07) is 2.13. The minimum absolute atomic E-state index is 0.253. The van der Waals surface area contributed by atoms with Crippen LogP contribution in [0, 0.1) is 6.92 Å². The number of hydrogen-bond acceptors (Lipinski definition) is 3. The van der Waals surface area contributed by atoms with Gasteiger partial charge in [-0.1, -0.05) is 6.92 Å². The first-order chi connectivity index (χ1) is 7.44. The lowest BCUT2D eigenvalue weighted by molar-refractivity contribution is 0.388. The molecule has 0 aliphatic carbocycles. The van der Waals surface area contributed by atoms with Crippen molar-refractivity contribution in [3.05, 3.63) is 11.8 Å². The van der Waals surface area contributed by atoms with Crippen LogP contribution in [-0.2, 0) is 7.05 Å². The molecule has 0 bridgehead atoms. The Hall–Kier alpha value is -0.480. The van der Waals surface area contributed by atoms with Crippen molar-refractivity contribution in [2.45, 2.75) is 44.7 Å². The molecular formula is C12H23N3S. The molecule has 3 nitrogen and oxygen atoms in total. The fraction of sp³-hybridized carbons (Fsp3) is 0.750. The second kappa shape index (κ2) is 5.73. The SMILES string of the molecule is CCC(C)(C)NCCSc1cc(C)nn1C. The molecule has 0 aliphatic rings. The highest BCUT2D eigenvalue weighted by molar-refractivity contribution is 7.99. The van der Waals surface area contributed by atoms with Crippen LogP contribution in [0.5, 0.6) is 0 Å². The smallest absolute Gasteiger partial charge is 0.0939 e. The maximum Gasteiger partial charge on any atom is 0.0939 e. The molecule has 1 heterocycles. The van der Waals surface area contributed by atoms with Crippen molar-refractivity contribution in [1.29, 1.82) is 0 Å². The molecule has 4 heteroatoms. The third kappa shape index (κ3) is 4.18. The first kappa shape index (κ1) is 13.6. The fourth-order valence-corrected chi connectivity index (χ4v) is 2.29. The summed E-state index contributed by atoms with van der Waals surface area (Å²) in [5.41, 5.74) is 1.34. The van der Waals surface area contributed by atoms with Crippen molar-refractivity contribution in [2.75, 3.05) is 12.3 Å². The number of nitrogens with zero attached hydrogens (tertiary/aromatic N) is 2. The Bertz CT molecular complexity index is 331. The molecule has 0 saturated heterocycles. The van der Waals surface area contributed by atoms with Crippen LogP contribution in [0.15, 0.2) is 11.1 Å². The largest absolute Gasteiger partial charge is 0.311 e. The Kier molecular flexibility index (Phi) is 4.87. The third-order valence-corrected chi connectivity index (χ3v) is 3.88. The van der Waals surface area contributed by atoms with Crippen LogP contribution in [-0.4, -0.2) is 27.6 Å². The van der Waals surface area contributed by atoms with Gasteiger partial charge in [-0.25, -0.2) is 0 Å². The van der Waals surface area contributed by atoms with Crippen molar-refractivity contribution >= 4 is 11.8 Å². The van der Waals surface area contributed by atoms with E-state index in [1.165, 1.54) is 5.03 Å². The first-order valence-electron chi connectivity index (χ1n) is 5.83. The topological polar surface area (TPSA) is 29.9 Å². The van der Waals surface area contributed by atoms with Crippen molar-refractivity contribution in [3.8, 4) is 0 Å². The van der Waals surface area contributed by atoms with E-state index in [1.54, 1.807) is 0 Å². The molecule has 0 spiro atoms. The molecular weight excluding hydrogens is 218 g/mol. The van der Waals surface area contributed by atoms with E-state index >= 15 is 0 Å². The maximum absolute atomic E-state index is 4.33. The number of thioether (sulfide) groups is 1. The molecule has 0 fully saturated rings. The second-order valence-electron chi connectivity index (χ2n) is 4.76. The van der Waals surface area contributed by atoms with Gasteiger partial charge in [0, 0.05) is 24.9 Å². The van der Waals surface area contributed by atoms with E-state index < -0.39 is 0 Å². The monoisotopic (exact) mass is 241 g/mol. The zero-order valence-corrected chi connectivity index (χ0v) is 11.8. The zero-order valence-electron chi connectivity index (χ0n) is 11.0. The van der Waals surface area contributed by atoms with Crippen LogP contribution < -0.4 is 5.32 Å². The Morgan fingerprint density at radius 3 is 2.69 bits per heavy atom. The summed E-state index contributed by atoms with van der Waals surface area (Å²) in [6.45, 7) is 9.76. The van der Waals surface area contributed by atoms with Crippen LogP contribution in [0.1, 0.15) is 32.9 Å². The van der Waals surface area contributed by atoms with E-state index in [9.17, 15) is 0 Å². The Morgan fingerprint density at radius 2 is 2.19 bits per heavy atom. The Labute approximate surface area is 103 Å². The highest BCUT2D eigenvalue weighted by Crippen LogP contribution is 2.17. The van der Waals surface area contributed by atoms with Gasteiger partial charge in [-0.05, 0) is 33.3 Å². The first-order valence-corrected chi connectivity index (χ1v) is 6.81. The van der Waals surface area contributed by atoms with Crippen LogP contribution >= 0.6 is 11.8 Å². The Morgan fingerprint density at radius 1 is 1.50 bits per heavy atom. The second-order valence-corrected chi connectivity index (χ2v) is 5.88. The van der Waals surface area contributed by atoms with Gasteiger partial charge >= 0.3 is 0 Å². The van der Waals surface area contributed by atoms with E-state index in [0.29, 0.717) is 0 Å². The van der Waals surface area contributed by atoms with Gasteiger partial charge in [0.25, 0.3) is 0 Å². The Balaban J connectivity index is 2.29. The molecule has 1 N–H and O–H groups in total. The van der Waals surface area contributed by atoms with E-state index in [-0.39, 0.29) is 5.54 Å². The summed E-state index contributed by atoms with van der Waals surface area (Å²) in [5.74, 6) is 1.09. The summed E-state index contributed by atoms with van der Waals surface area (Å²) in [5, 5.41) is 9.13. The molecule has 0 amide bonds. The van der Waals surface area contributed by atoms with Gasteiger partial charge in [0.15, 0.2) is 0 Å². The molecule has 1 aromatic rings. The summed E-state index contributed by atoms with van der Waals surface area (Å²) >= 11 is 1.86. The van der Waals surface area contributed by atoms with Gasteiger partial charge in [0.2, 0.25) is 0 Å². The van der Waals surface area contributed by atoms with Gasteiger partial charge in [0.1, 0.15) is 0 Å². The molecule has 16 heavy (non-hydrogen) atoms. The van der Waals surface area contributed by atoms with Crippen LogP contribution in [0.4, 0.5) is 0 Å². The standard InChI is InChI=1S/C12H23N3S/c1-6-12(3,4)13-7-8-16-11-9-10(2)14-15(11)5/h9,13H,6-8H2,1-5H3. The summed E-state index contributed by atoms with van der Waals surface area (Å²) in [4.78, 5) is 0. The van der Waals surface area contributed by atoms with E-state index in [0.717, 1.165) is 24.4 Å². The van der Waals surface area contributed by atoms with Crippen molar-refractivity contribution in [3.63, 3.8) is 0 Å². The van der Waals surface area contributed by atoms with Crippen LogP contribution in [0.2, 0.25) is 0 Å². The normalized spacial score (nSPS) is 12.1. The van der Waals surface area contributed by atoms with Gasteiger partial charge in [-0.15, -0.1) is 11.8 Å². The third-order valence-electron chi connectivity index (χ3n) is 2.80. The average molecular weight is 241 g/mol. The quantitative estimate of drug-likeness (QED) is 0.613. The molecule has 0 aromatic carbocycles. The molecule has 0 radical (unpaired) electrons. The van der Waals surface area contributed by atoms with Gasteiger partial charge in [-0.2, -0.15) is 5.10 Å². The molecule has 92 valence electrons. The van der Waals surface area contributed by atoms with Crippen molar-refractivity contribution in [2.24, 2.45) is 7.05 Å².